The number of nitrogens with one attached hydrogen (secondary N) is 1. The molecule has 0 unspecified atom stereocenters. The van der Waals surface area contributed by atoms with Crippen molar-refractivity contribution >= 4 is 24.2 Å². The minimum Gasteiger partial charge on any atom is -0.234 e. The molecule has 0 atom stereocenters. The predicted molar refractivity (Wildman–Crippen MR) is 31.4 cm³/mol. The van der Waals surface area contributed by atoms with Crippen LogP contribution in [-0.4, -0.2) is 6.54 Å². The molecule has 0 fully saturated rings. The van der Waals surface area contributed by atoms with Gasteiger partial charge in [-0.3, -0.25) is 0 Å². The van der Waals surface area contributed by atoms with Gasteiger partial charge in [0.25, 0.3) is 0 Å². The first-order chi connectivity index (χ1) is 2.41. The van der Waals surface area contributed by atoms with Crippen molar-refractivity contribution in [2.75, 3.05) is 6.54 Å². The van der Waals surface area contributed by atoms with Gasteiger partial charge in [-0.05, 0) is 18.2 Å². The van der Waals surface area contributed by atoms with Crippen LogP contribution in [0.25, 0.3) is 0 Å². The highest BCUT2D eigenvalue weighted by molar-refractivity contribution is 6.13. The monoisotopic (exact) mass is 129 g/mol. The summed E-state index contributed by atoms with van der Waals surface area (Å²) in [6.07, 6.45) is 1.10. The van der Waals surface area contributed by atoms with Gasteiger partial charge in [-0.1, -0.05) is 6.92 Å². The Bertz CT molecular complexity index is 16.3. The van der Waals surface area contributed by atoms with Gasteiger partial charge in [-0.2, -0.15) is 0 Å². The molecule has 0 aliphatic rings. The van der Waals surface area contributed by atoms with Crippen LogP contribution in [0.15, 0.2) is 0 Å². The zero-order valence-electron chi connectivity index (χ0n) is 3.70. The summed E-state index contributed by atoms with van der Waals surface area (Å²) in [4.78, 5) is 2.49. The molecule has 0 saturated carbocycles. The fraction of sp³-hybridized carbons (Fsp3) is 1.00. The summed E-state index contributed by atoms with van der Waals surface area (Å²) in [6.45, 7) is 2.97. The van der Waals surface area contributed by atoms with Crippen LogP contribution in [0.4, 0.5) is 0 Å². The maximum absolute atomic E-state index is 5.05. The summed E-state index contributed by atoms with van der Waals surface area (Å²) >= 11 is 5.05. The fourth-order valence-electron chi connectivity index (χ4n) is 0.0945. The molecule has 0 aromatic rings. The predicted octanol–water partition coefficient (Wildman–Crippen LogP) is 1.56. The average Bonchev–Trinajstić information content (AvgIpc) is 1.41. The van der Waals surface area contributed by atoms with E-state index in [1.54, 1.807) is 0 Å². The maximum Gasteiger partial charge on any atom is 0.0105 e. The van der Waals surface area contributed by atoms with E-state index in [2.05, 4.69) is 11.8 Å². The van der Waals surface area contributed by atoms with Crippen molar-refractivity contribution < 1.29 is 0 Å². The zero-order valence-corrected chi connectivity index (χ0v) is 5.27. The molecular weight excluding hydrogens is 121 g/mol. The molecule has 40 valence electrons. The third-order valence-electron chi connectivity index (χ3n) is 0.344. The van der Waals surface area contributed by atoms with Gasteiger partial charge in [0.2, 0.25) is 0 Å². The second-order valence-corrected chi connectivity index (χ2v) is 1.15. The first-order valence-electron chi connectivity index (χ1n) is 1.75. The summed E-state index contributed by atoms with van der Waals surface area (Å²) in [5.74, 6) is 0. The van der Waals surface area contributed by atoms with Crippen molar-refractivity contribution in [1.82, 2.24) is 4.84 Å². The third kappa shape index (κ3) is 8.82. The van der Waals surface area contributed by atoms with E-state index < -0.39 is 0 Å². The van der Waals surface area contributed by atoms with E-state index in [0.29, 0.717) is 0 Å². The van der Waals surface area contributed by atoms with E-state index in [9.17, 15) is 0 Å². The van der Waals surface area contributed by atoms with Crippen LogP contribution in [0.5, 0.6) is 0 Å². The fourth-order valence-corrected chi connectivity index (χ4v) is 0.283. The van der Waals surface area contributed by atoms with Gasteiger partial charge in [0.1, 0.15) is 0 Å². The highest BCUT2D eigenvalue weighted by Crippen LogP contribution is 1.67. The smallest absolute Gasteiger partial charge is 0.0105 e. The number of hydrogen-bond donors (Lipinski definition) is 1. The SMILES string of the molecule is CCCNCl.Cl. The van der Waals surface area contributed by atoms with Crippen LogP contribution in [0, 0.1) is 0 Å². The summed E-state index contributed by atoms with van der Waals surface area (Å²) in [6, 6.07) is 0. The Hall–Kier alpha value is 0.540. The molecule has 0 spiro atoms. The minimum absolute atomic E-state index is 0. The standard InChI is InChI=1S/C3H8ClN.ClH/c1-2-3-5-4;/h5H,2-3H2,1H3;1H. The molecule has 0 aromatic carbocycles. The zero-order chi connectivity index (χ0) is 4.12. The Morgan fingerprint density at radius 3 is 2.17 bits per heavy atom. The van der Waals surface area contributed by atoms with E-state index in [4.69, 9.17) is 11.8 Å². The molecule has 0 bridgehead atoms. The molecule has 0 saturated heterocycles. The van der Waals surface area contributed by atoms with Crippen LogP contribution < -0.4 is 4.84 Å². The Balaban J connectivity index is 0. The van der Waals surface area contributed by atoms with Gasteiger partial charge in [-0.25, -0.2) is 4.84 Å². The summed E-state index contributed by atoms with van der Waals surface area (Å²) in [5, 5.41) is 0. The maximum atomic E-state index is 5.05. The lowest BCUT2D eigenvalue weighted by Crippen LogP contribution is -1.96. The Labute approximate surface area is 49.6 Å². The quantitative estimate of drug-likeness (QED) is 0.559. The number of rotatable bonds is 2. The van der Waals surface area contributed by atoms with Gasteiger partial charge in [0.05, 0.1) is 0 Å². The van der Waals surface area contributed by atoms with Gasteiger partial charge >= 0.3 is 0 Å². The average molecular weight is 130 g/mol. The molecule has 0 radical (unpaired) electrons. The Morgan fingerprint density at radius 2 is 2.17 bits per heavy atom. The van der Waals surface area contributed by atoms with Crippen molar-refractivity contribution in [1.29, 1.82) is 0 Å². The van der Waals surface area contributed by atoms with Crippen molar-refractivity contribution in [3.05, 3.63) is 0 Å². The van der Waals surface area contributed by atoms with E-state index in [-0.39, 0.29) is 12.4 Å². The van der Waals surface area contributed by atoms with Crippen LogP contribution >= 0.6 is 24.2 Å². The molecule has 3 heteroatoms. The largest absolute Gasteiger partial charge is 0.234 e. The molecule has 1 nitrogen and oxygen atoms in total. The number of halogens is 2. The second-order valence-electron chi connectivity index (χ2n) is 0.884. The molecule has 0 rings (SSSR count). The molecule has 1 N–H and O–H groups in total. The van der Waals surface area contributed by atoms with Crippen LogP contribution in [0.3, 0.4) is 0 Å². The molecule has 0 heterocycles. The summed E-state index contributed by atoms with van der Waals surface area (Å²) in [7, 11) is 0. The molecule has 0 aromatic heterocycles. The molecule has 0 amide bonds. The van der Waals surface area contributed by atoms with Crippen molar-refractivity contribution in [3.63, 3.8) is 0 Å². The van der Waals surface area contributed by atoms with E-state index in [1.807, 2.05) is 0 Å². The second kappa shape index (κ2) is 9.11. The van der Waals surface area contributed by atoms with E-state index in [1.165, 1.54) is 0 Å². The van der Waals surface area contributed by atoms with Gasteiger partial charge in [0.15, 0.2) is 0 Å². The summed E-state index contributed by atoms with van der Waals surface area (Å²) < 4.78 is 0. The summed E-state index contributed by atoms with van der Waals surface area (Å²) in [5.41, 5.74) is 0. The van der Waals surface area contributed by atoms with Gasteiger partial charge in [0, 0.05) is 6.54 Å². The lowest BCUT2D eigenvalue weighted by atomic mass is 10.5. The van der Waals surface area contributed by atoms with Crippen LogP contribution in [-0.2, 0) is 0 Å². The topological polar surface area (TPSA) is 12.0 Å². The Kier molecular flexibility index (Phi) is 14.8. The minimum atomic E-state index is 0. The molecule has 0 aliphatic heterocycles. The van der Waals surface area contributed by atoms with Gasteiger partial charge < -0.3 is 0 Å². The van der Waals surface area contributed by atoms with Crippen molar-refractivity contribution in [2.24, 2.45) is 0 Å². The molecular formula is C3H9Cl2N. The third-order valence-corrected chi connectivity index (χ3v) is 0.533. The lowest BCUT2D eigenvalue weighted by molar-refractivity contribution is 0.869. The lowest BCUT2D eigenvalue weighted by Gasteiger charge is -1.81. The highest BCUT2D eigenvalue weighted by atomic mass is 35.5. The normalized spacial score (nSPS) is 7.00. The van der Waals surface area contributed by atoms with Crippen molar-refractivity contribution in [2.45, 2.75) is 13.3 Å². The van der Waals surface area contributed by atoms with Gasteiger partial charge in [-0.15, -0.1) is 12.4 Å². The first-order valence-corrected chi connectivity index (χ1v) is 2.13. The highest BCUT2D eigenvalue weighted by Gasteiger charge is 1.67. The molecule has 0 aliphatic carbocycles. The van der Waals surface area contributed by atoms with Crippen molar-refractivity contribution in [3.8, 4) is 0 Å². The van der Waals surface area contributed by atoms with Crippen LogP contribution in [0.2, 0.25) is 0 Å². The number of hydrogen-bond acceptors (Lipinski definition) is 1. The first kappa shape index (κ1) is 9.74. The van der Waals surface area contributed by atoms with E-state index >= 15 is 0 Å². The van der Waals surface area contributed by atoms with E-state index in [0.717, 1.165) is 13.0 Å². The molecule has 6 heavy (non-hydrogen) atoms. The van der Waals surface area contributed by atoms with Crippen LogP contribution in [0.1, 0.15) is 13.3 Å². The Morgan fingerprint density at radius 1 is 1.67 bits per heavy atom.